The van der Waals surface area contributed by atoms with E-state index in [1.165, 1.54) is 11.1 Å². The zero-order chi connectivity index (χ0) is 12.3. The van der Waals surface area contributed by atoms with Crippen LogP contribution < -0.4 is 5.32 Å². The highest BCUT2D eigenvalue weighted by molar-refractivity contribution is 7.09. The van der Waals surface area contributed by atoms with E-state index in [-0.39, 0.29) is 0 Å². The number of nitrogens with zero attached hydrogens (tertiary/aromatic N) is 3. The molecule has 17 heavy (non-hydrogen) atoms. The Morgan fingerprint density at radius 1 is 1.24 bits per heavy atom. The Balaban J connectivity index is 2.27. The smallest absolute Gasteiger partial charge is 0.151 e. The van der Waals surface area contributed by atoms with Crippen molar-refractivity contribution >= 4 is 17.2 Å². The third kappa shape index (κ3) is 2.61. The van der Waals surface area contributed by atoms with E-state index in [0.29, 0.717) is 0 Å². The summed E-state index contributed by atoms with van der Waals surface area (Å²) >= 11 is 1.65. The van der Waals surface area contributed by atoms with Crippen molar-refractivity contribution in [3.05, 3.63) is 33.4 Å². The summed E-state index contributed by atoms with van der Waals surface area (Å²) in [4.78, 5) is 4.28. The molecule has 0 aliphatic rings. The summed E-state index contributed by atoms with van der Waals surface area (Å²) in [5.41, 5.74) is 3.39. The molecule has 4 nitrogen and oxygen atoms in total. The molecule has 0 fully saturated rings. The van der Waals surface area contributed by atoms with Crippen LogP contribution in [0.15, 0.2) is 11.6 Å². The first kappa shape index (κ1) is 12.0. The van der Waals surface area contributed by atoms with Gasteiger partial charge < -0.3 is 5.32 Å². The van der Waals surface area contributed by atoms with Gasteiger partial charge in [0.15, 0.2) is 5.82 Å². The maximum atomic E-state index is 4.29. The van der Waals surface area contributed by atoms with E-state index in [9.17, 15) is 0 Å². The molecule has 0 bridgehead atoms. The Labute approximate surface area is 105 Å². The van der Waals surface area contributed by atoms with Crippen LogP contribution in [0.5, 0.6) is 0 Å². The van der Waals surface area contributed by atoms with Crippen molar-refractivity contribution in [3.63, 3.8) is 0 Å². The molecule has 0 atom stereocenters. The predicted molar refractivity (Wildman–Crippen MR) is 70.6 cm³/mol. The number of rotatable bonds is 4. The van der Waals surface area contributed by atoms with Crippen LogP contribution in [0.2, 0.25) is 0 Å². The van der Waals surface area contributed by atoms with Crippen molar-refractivity contribution in [2.75, 3.05) is 11.9 Å². The van der Waals surface area contributed by atoms with Gasteiger partial charge in [-0.2, -0.15) is 5.10 Å². The van der Waals surface area contributed by atoms with Crippen LogP contribution in [-0.2, 0) is 6.42 Å². The van der Waals surface area contributed by atoms with Gasteiger partial charge in [0, 0.05) is 24.5 Å². The van der Waals surface area contributed by atoms with Crippen LogP contribution in [0.3, 0.4) is 0 Å². The molecular formula is C12H16N4S. The monoisotopic (exact) mass is 248 g/mol. The number of aromatic nitrogens is 3. The number of nitrogens with one attached hydrogen (secondary N) is 1. The van der Waals surface area contributed by atoms with Crippen LogP contribution in [0, 0.1) is 13.8 Å². The van der Waals surface area contributed by atoms with Gasteiger partial charge in [0.25, 0.3) is 0 Å². The normalized spacial score (nSPS) is 10.5. The summed E-state index contributed by atoms with van der Waals surface area (Å²) in [6.45, 7) is 7.09. The Morgan fingerprint density at radius 2 is 2.06 bits per heavy atom. The fraction of sp³-hybridized carbons (Fsp3) is 0.417. The standard InChI is InChI=1S/C12H16N4S/c1-4-13-12-9(3)8(2)10(15-16-12)7-11-14-5-6-17-11/h5-6H,4,7H2,1-3H3,(H,13,16). The molecule has 2 heterocycles. The minimum atomic E-state index is 0.768. The van der Waals surface area contributed by atoms with Crippen LogP contribution in [0.4, 0.5) is 5.82 Å². The van der Waals surface area contributed by atoms with E-state index in [2.05, 4.69) is 41.3 Å². The Bertz CT molecular complexity index is 493. The largest absolute Gasteiger partial charge is 0.369 e. The molecule has 0 amide bonds. The van der Waals surface area contributed by atoms with Gasteiger partial charge in [-0.3, -0.25) is 0 Å². The van der Waals surface area contributed by atoms with Crippen LogP contribution in [0.1, 0.15) is 28.8 Å². The van der Waals surface area contributed by atoms with Crippen LogP contribution >= 0.6 is 11.3 Å². The summed E-state index contributed by atoms with van der Waals surface area (Å²) in [5.74, 6) is 0.882. The van der Waals surface area contributed by atoms with Gasteiger partial charge in [-0.15, -0.1) is 16.4 Å². The van der Waals surface area contributed by atoms with E-state index < -0.39 is 0 Å². The Morgan fingerprint density at radius 3 is 2.71 bits per heavy atom. The maximum Gasteiger partial charge on any atom is 0.151 e. The maximum absolute atomic E-state index is 4.29. The first-order valence-corrected chi connectivity index (χ1v) is 6.55. The summed E-state index contributed by atoms with van der Waals surface area (Å²) in [6.07, 6.45) is 2.59. The molecule has 2 aromatic rings. The summed E-state index contributed by atoms with van der Waals surface area (Å²) in [7, 11) is 0. The van der Waals surface area contributed by atoms with Gasteiger partial charge in [-0.1, -0.05) is 0 Å². The van der Waals surface area contributed by atoms with Gasteiger partial charge in [0.1, 0.15) is 0 Å². The molecule has 2 rings (SSSR count). The SMILES string of the molecule is CCNc1nnc(Cc2nccs2)c(C)c1C. The van der Waals surface area contributed by atoms with Crippen molar-refractivity contribution in [2.45, 2.75) is 27.2 Å². The van der Waals surface area contributed by atoms with Crippen LogP contribution in [0.25, 0.3) is 0 Å². The van der Waals surface area contributed by atoms with Crippen molar-refractivity contribution in [1.29, 1.82) is 0 Å². The molecule has 5 heteroatoms. The van der Waals surface area contributed by atoms with E-state index in [1.807, 2.05) is 11.6 Å². The number of hydrogen-bond acceptors (Lipinski definition) is 5. The van der Waals surface area contributed by atoms with Gasteiger partial charge in [-0.25, -0.2) is 4.98 Å². The lowest BCUT2D eigenvalue weighted by Gasteiger charge is -2.10. The Kier molecular flexibility index (Phi) is 3.68. The van der Waals surface area contributed by atoms with E-state index >= 15 is 0 Å². The van der Waals surface area contributed by atoms with E-state index in [4.69, 9.17) is 0 Å². The average Bonchev–Trinajstić information content (AvgIpc) is 2.82. The first-order chi connectivity index (χ1) is 8.22. The number of thiazole rings is 1. The van der Waals surface area contributed by atoms with Crippen molar-refractivity contribution in [1.82, 2.24) is 15.2 Å². The molecule has 0 unspecified atom stereocenters. The quantitative estimate of drug-likeness (QED) is 0.903. The highest BCUT2D eigenvalue weighted by Gasteiger charge is 2.10. The molecule has 0 aliphatic heterocycles. The highest BCUT2D eigenvalue weighted by atomic mass is 32.1. The summed E-state index contributed by atoms with van der Waals surface area (Å²) < 4.78 is 0. The molecule has 0 aromatic carbocycles. The van der Waals surface area contributed by atoms with Crippen LogP contribution in [-0.4, -0.2) is 21.7 Å². The minimum Gasteiger partial charge on any atom is -0.369 e. The van der Waals surface area contributed by atoms with Gasteiger partial charge in [0.05, 0.1) is 10.7 Å². The molecular weight excluding hydrogens is 232 g/mol. The lowest BCUT2D eigenvalue weighted by molar-refractivity contribution is 0.897. The summed E-state index contributed by atoms with van der Waals surface area (Å²) in [6, 6.07) is 0. The predicted octanol–water partition coefficient (Wildman–Crippen LogP) is 2.57. The fourth-order valence-electron chi connectivity index (χ4n) is 1.64. The third-order valence-electron chi connectivity index (χ3n) is 2.77. The third-order valence-corrected chi connectivity index (χ3v) is 3.55. The molecule has 0 saturated heterocycles. The zero-order valence-corrected chi connectivity index (χ0v) is 11.1. The fourth-order valence-corrected chi connectivity index (χ4v) is 2.26. The second kappa shape index (κ2) is 5.23. The van der Waals surface area contributed by atoms with Crippen molar-refractivity contribution in [2.24, 2.45) is 0 Å². The molecule has 1 N–H and O–H groups in total. The molecule has 2 aromatic heterocycles. The van der Waals surface area contributed by atoms with Gasteiger partial charge in [0.2, 0.25) is 0 Å². The molecule has 0 radical (unpaired) electrons. The lowest BCUT2D eigenvalue weighted by Crippen LogP contribution is -2.08. The second-order valence-electron chi connectivity index (χ2n) is 3.88. The minimum absolute atomic E-state index is 0.768. The number of hydrogen-bond donors (Lipinski definition) is 1. The highest BCUT2D eigenvalue weighted by Crippen LogP contribution is 2.20. The topological polar surface area (TPSA) is 50.7 Å². The van der Waals surface area contributed by atoms with Crippen molar-refractivity contribution in [3.8, 4) is 0 Å². The van der Waals surface area contributed by atoms with E-state index in [0.717, 1.165) is 29.5 Å². The molecule has 0 aliphatic carbocycles. The zero-order valence-electron chi connectivity index (χ0n) is 10.3. The molecule has 0 spiro atoms. The second-order valence-corrected chi connectivity index (χ2v) is 4.86. The summed E-state index contributed by atoms with van der Waals surface area (Å²) in [5, 5.41) is 14.8. The molecule has 0 saturated carbocycles. The first-order valence-electron chi connectivity index (χ1n) is 5.67. The average molecular weight is 248 g/mol. The number of anilines is 1. The molecule has 90 valence electrons. The Hall–Kier alpha value is -1.49. The van der Waals surface area contributed by atoms with Gasteiger partial charge in [-0.05, 0) is 31.9 Å². The van der Waals surface area contributed by atoms with E-state index in [1.54, 1.807) is 11.3 Å². The lowest BCUT2D eigenvalue weighted by atomic mass is 10.1. The van der Waals surface area contributed by atoms with Gasteiger partial charge >= 0.3 is 0 Å². The van der Waals surface area contributed by atoms with Crippen molar-refractivity contribution < 1.29 is 0 Å².